The standard InChI is InChI=1S/C19H26BrNO3/c1-13(2)19(11-18(4)12-23-18)9-10-21(17(22)24-19)14(3)15-7-5-6-8-16(15)20/h5-8,13-14H,9-12H2,1-4H3. The second-order valence-corrected chi connectivity index (χ2v) is 8.50. The average molecular weight is 396 g/mol. The van der Waals surface area contributed by atoms with Crippen LogP contribution in [0.5, 0.6) is 0 Å². The lowest BCUT2D eigenvalue weighted by atomic mass is 9.78. The molecule has 0 aliphatic carbocycles. The molecule has 1 aromatic carbocycles. The van der Waals surface area contributed by atoms with Crippen LogP contribution in [0.1, 0.15) is 52.1 Å². The molecular weight excluding hydrogens is 370 g/mol. The van der Waals surface area contributed by atoms with Crippen LogP contribution in [0.2, 0.25) is 0 Å². The van der Waals surface area contributed by atoms with Gasteiger partial charge in [0.2, 0.25) is 0 Å². The van der Waals surface area contributed by atoms with E-state index in [1.165, 1.54) is 0 Å². The lowest BCUT2D eigenvalue weighted by Gasteiger charge is -2.46. The minimum Gasteiger partial charge on any atom is -0.442 e. The second kappa shape index (κ2) is 6.34. The van der Waals surface area contributed by atoms with Crippen LogP contribution in [0.3, 0.4) is 0 Å². The Morgan fingerprint density at radius 2 is 1.96 bits per heavy atom. The van der Waals surface area contributed by atoms with E-state index in [0.717, 1.165) is 29.5 Å². The van der Waals surface area contributed by atoms with E-state index in [1.807, 2.05) is 29.2 Å². The van der Waals surface area contributed by atoms with Gasteiger partial charge in [0.25, 0.3) is 0 Å². The number of benzene rings is 1. The Bertz CT molecular complexity index is 629. The fourth-order valence-electron chi connectivity index (χ4n) is 3.61. The topological polar surface area (TPSA) is 42.1 Å². The molecule has 0 bridgehead atoms. The molecule has 0 saturated carbocycles. The molecule has 5 heteroatoms. The van der Waals surface area contributed by atoms with Crippen LogP contribution >= 0.6 is 15.9 Å². The van der Waals surface area contributed by atoms with Crippen LogP contribution < -0.4 is 0 Å². The average Bonchev–Trinajstić information content (AvgIpc) is 3.24. The molecule has 2 aliphatic heterocycles. The summed E-state index contributed by atoms with van der Waals surface area (Å²) in [6.07, 6.45) is 1.40. The molecular formula is C19H26BrNO3. The number of nitrogens with zero attached hydrogens (tertiary/aromatic N) is 1. The molecule has 3 rings (SSSR count). The number of ether oxygens (including phenoxy) is 2. The number of halogens is 1. The summed E-state index contributed by atoms with van der Waals surface area (Å²) in [5, 5.41) is 0. The molecule has 2 saturated heterocycles. The summed E-state index contributed by atoms with van der Waals surface area (Å²) in [6.45, 7) is 9.87. The summed E-state index contributed by atoms with van der Waals surface area (Å²) in [4.78, 5) is 14.6. The van der Waals surface area contributed by atoms with E-state index in [0.29, 0.717) is 6.54 Å². The summed E-state index contributed by atoms with van der Waals surface area (Å²) in [7, 11) is 0. The van der Waals surface area contributed by atoms with Crippen molar-refractivity contribution in [2.45, 2.75) is 57.8 Å². The van der Waals surface area contributed by atoms with E-state index in [4.69, 9.17) is 9.47 Å². The van der Waals surface area contributed by atoms with Crippen molar-refractivity contribution in [3.8, 4) is 0 Å². The number of cyclic esters (lactones) is 1. The van der Waals surface area contributed by atoms with Crippen molar-refractivity contribution in [2.75, 3.05) is 13.2 Å². The van der Waals surface area contributed by atoms with Gasteiger partial charge in [-0.2, -0.15) is 0 Å². The van der Waals surface area contributed by atoms with E-state index in [2.05, 4.69) is 43.6 Å². The number of amides is 1. The molecule has 3 atom stereocenters. The molecule has 1 amide bonds. The fraction of sp³-hybridized carbons (Fsp3) is 0.632. The van der Waals surface area contributed by atoms with Crippen LogP contribution in [-0.2, 0) is 9.47 Å². The predicted octanol–water partition coefficient (Wildman–Crippen LogP) is 4.93. The van der Waals surface area contributed by atoms with Crippen molar-refractivity contribution in [3.63, 3.8) is 0 Å². The monoisotopic (exact) mass is 395 g/mol. The van der Waals surface area contributed by atoms with Crippen molar-refractivity contribution in [1.29, 1.82) is 0 Å². The Morgan fingerprint density at radius 1 is 1.29 bits per heavy atom. The summed E-state index contributed by atoms with van der Waals surface area (Å²) in [5.74, 6) is 0.267. The summed E-state index contributed by atoms with van der Waals surface area (Å²) >= 11 is 3.58. The smallest absolute Gasteiger partial charge is 0.410 e. The fourth-order valence-corrected chi connectivity index (χ4v) is 4.23. The van der Waals surface area contributed by atoms with Crippen LogP contribution in [0.15, 0.2) is 28.7 Å². The predicted molar refractivity (Wildman–Crippen MR) is 96.9 cm³/mol. The highest BCUT2D eigenvalue weighted by atomic mass is 79.9. The number of hydrogen-bond acceptors (Lipinski definition) is 3. The van der Waals surface area contributed by atoms with Crippen LogP contribution in [0.4, 0.5) is 4.79 Å². The highest BCUT2D eigenvalue weighted by Gasteiger charge is 2.53. The zero-order valence-corrected chi connectivity index (χ0v) is 16.4. The Morgan fingerprint density at radius 3 is 2.50 bits per heavy atom. The number of epoxide rings is 1. The molecule has 2 heterocycles. The molecule has 4 nitrogen and oxygen atoms in total. The number of rotatable bonds is 5. The van der Waals surface area contributed by atoms with Gasteiger partial charge in [0.15, 0.2) is 0 Å². The third kappa shape index (κ3) is 3.33. The van der Waals surface area contributed by atoms with Gasteiger partial charge in [-0.05, 0) is 31.4 Å². The summed E-state index contributed by atoms with van der Waals surface area (Å²) in [5.41, 5.74) is 0.553. The first kappa shape index (κ1) is 17.7. The Kier molecular flexibility index (Phi) is 4.69. The molecule has 0 spiro atoms. The molecule has 0 radical (unpaired) electrons. The quantitative estimate of drug-likeness (QED) is 0.663. The normalized spacial score (nSPS) is 31.1. The largest absolute Gasteiger partial charge is 0.442 e. The van der Waals surface area contributed by atoms with Gasteiger partial charge in [0.1, 0.15) is 5.60 Å². The zero-order chi connectivity index (χ0) is 17.5. The molecule has 0 aromatic heterocycles. The first-order valence-electron chi connectivity index (χ1n) is 8.64. The first-order valence-corrected chi connectivity index (χ1v) is 9.44. The Balaban J connectivity index is 1.77. The number of hydrogen-bond donors (Lipinski definition) is 0. The molecule has 2 aliphatic rings. The van der Waals surface area contributed by atoms with E-state index in [9.17, 15) is 4.79 Å². The first-order chi connectivity index (χ1) is 11.3. The molecule has 2 fully saturated rings. The molecule has 3 unspecified atom stereocenters. The van der Waals surface area contributed by atoms with E-state index < -0.39 is 5.60 Å². The summed E-state index contributed by atoms with van der Waals surface area (Å²) in [6, 6.07) is 8.01. The van der Waals surface area contributed by atoms with Gasteiger partial charge in [-0.1, -0.05) is 48.0 Å². The van der Waals surface area contributed by atoms with Crippen molar-refractivity contribution in [1.82, 2.24) is 4.90 Å². The maximum Gasteiger partial charge on any atom is 0.410 e. The van der Waals surface area contributed by atoms with E-state index in [-0.39, 0.29) is 23.7 Å². The Hall–Kier alpha value is -1.07. The molecule has 132 valence electrons. The van der Waals surface area contributed by atoms with Crippen LogP contribution in [-0.4, -0.2) is 35.3 Å². The van der Waals surface area contributed by atoms with Crippen molar-refractivity contribution in [3.05, 3.63) is 34.3 Å². The van der Waals surface area contributed by atoms with Crippen molar-refractivity contribution in [2.24, 2.45) is 5.92 Å². The molecule has 1 aromatic rings. The minimum absolute atomic E-state index is 0.0222. The SMILES string of the molecule is CC(c1ccccc1Br)N1CCC(CC2(C)CO2)(C(C)C)OC1=O. The third-order valence-electron chi connectivity index (χ3n) is 5.49. The summed E-state index contributed by atoms with van der Waals surface area (Å²) < 4.78 is 12.6. The minimum atomic E-state index is -0.424. The Labute approximate surface area is 152 Å². The van der Waals surface area contributed by atoms with Gasteiger partial charge in [0, 0.05) is 23.9 Å². The van der Waals surface area contributed by atoms with Gasteiger partial charge in [0.05, 0.1) is 18.2 Å². The van der Waals surface area contributed by atoms with Crippen molar-refractivity contribution >= 4 is 22.0 Å². The lowest BCUT2D eigenvalue weighted by Crippen LogP contribution is -2.54. The lowest BCUT2D eigenvalue weighted by molar-refractivity contribution is -0.0961. The van der Waals surface area contributed by atoms with Gasteiger partial charge in [-0.3, -0.25) is 0 Å². The second-order valence-electron chi connectivity index (χ2n) is 7.64. The highest BCUT2D eigenvalue weighted by molar-refractivity contribution is 9.10. The molecule has 0 N–H and O–H groups in total. The van der Waals surface area contributed by atoms with E-state index in [1.54, 1.807) is 0 Å². The van der Waals surface area contributed by atoms with Gasteiger partial charge >= 0.3 is 6.09 Å². The van der Waals surface area contributed by atoms with E-state index >= 15 is 0 Å². The number of carbonyl (C=O) groups excluding carboxylic acids is 1. The maximum atomic E-state index is 12.8. The number of carbonyl (C=O) groups is 1. The van der Waals surface area contributed by atoms with Gasteiger partial charge in [-0.15, -0.1) is 0 Å². The molecule has 24 heavy (non-hydrogen) atoms. The van der Waals surface area contributed by atoms with Gasteiger partial charge in [-0.25, -0.2) is 4.79 Å². The van der Waals surface area contributed by atoms with Crippen LogP contribution in [0, 0.1) is 5.92 Å². The maximum absolute atomic E-state index is 12.8. The van der Waals surface area contributed by atoms with Gasteiger partial charge < -0.3 is 14.4 Å². The third-order valence-corrected chi connectivity index (χ3v) is 6.21. The highest BCUT2D eigenvalue weighted by Crippen LogP contribution is 2.45. The zero-order valence-electron chi connectivity index (χ0n) is 14.8. The van der Waals surface area contributed by atoms with Crippen molar-refractivity contribution < 1.29 is 14.3 Å². The van der Waals surface area contributed by atoms with Crippen LogP contribution in [0.25, 0.3) is 0 Å².